The molecule has 24 heavy (non-hydrogen) atoms. The first-order valence-electron chi connectivity index (χ1n) is 8.96. The highest BCUT2D eigenvalue weighted by molar-refractivity contribution is 5.92. The molecule has 0 amide bonds. The van der Waals surface area contributed by atoms with Crippen LogP contribution in [0.5, 0.6) is 0 Å². The van der Waals surface area contributed by atoms with Crippen LogP contribution < -0.4 is 0 Å². The largest absolute Gasteiger partial charge is 0.393 e. The van der Waals surface area contributed by atoms with Crippen molar-refractivity contribution in [2.75, 3.05) is 0 Å². The van der Waals surface area contributed by atoms with E-state index in [1.54, 1.807) is 0 Å². The van der Waals surface area contributed by atoms with Gasteiger partial charge in [0.25, 0.3) is 0 Å². The minimum atomic E-state index is -0.201. The van der Waals surface area contributed by atoms with Gasteiger partial charge in [-0.1, -0.05) is 0 Å². The zero-order valence-electron chi connectivity index (χ0n) is 14.3. The van der Waals surface area contributed by atoms with Crippen molar-refractivity contribution in [3.8, 4) is 0 Å². The molecule has 3 aliphatic rings. The van der Waals surface area contributed by atoms with E-state index >= 15 is 0 Å². The Kier molecular flexibility index (Phi) is 9.98. The van der Waals surface area contributed by atoms with Crippen molar-refractivity contribution in [2.24, 2.45) is 0 Å². The first-order valence-corrected chi connectivity index (χ1v) is 8.96. The van der Waals surface area contributed by atoms with Gasteiger partial charge in [-0.05, 0) is 38.5 Å². The molecular formula is C18H30O6. The maximum Gasteiger partial charge on any atom is 0.133 e. The van der Waals surface area contributed by atoms with Crippen LogP contribution in [0.15, 0.2) is 0 Å². The quantitative estimate of drug-likeness (QED) is 0.614. The van der Waals surface area contributed by atoms with E-state index in [0.717, 1.165) is 25.7 Å². The molecule has 0 aromatic heterocycles. The third-order valence-electron chi connectivity index (χ3n) is 4.54. The molecule has 3 aliphatic carbocycles. The van der Waals surface area contributed by atoms with E-state index in [9.17, 15) is 14.4 Å². The monoisotopic (exact) mass is 342 g/mol. The predicted octanol–water partition coefficient (Wildman–Crippen LogP) is 1.47. The molecule has 0 heterocycles. The average molecular weight is 342 g/mol. The van der Waals surface area contributed by atoms with Crippen LogP contribution in [-0.4, -0.2) is 51.0 Å². The summed E-state index contributed by atoms with van der Waals surface area (Å²) in [4.78, 5) is 31.4. The van der Waals surface area contributed by atoms with Crippen molar-refractivity contribution in [1.29, 1.82) is 0 Å². The maximum atomic E-state index is 10.5. The van der Waals surface area contributed by atoms with E-state index in [4.69, 9.17) is 15.3 Å². The Hall–Kier alpha value is -1.11. The minimum Gasteiger partial charge on any atom is -0.393 e. The highest BCUT2D eigenvalue weighted by Gasteiger charge is 2.16. The van der Waals surface area contributed by atoms with Crippen LogP contribution in [0.2, 0.25) is 0 Å². The van der Waals surface area contributed by atoms with Gasteiger partial charge in [0.05, 0.1) is 18.3 Å². The van der Waals surface area contributed by atoms with E-state index in [-0.39, 0.29) is 29.9 Å². The smallest absolute Gasteiger partial charge is 0.133 e. The Morgan fingerprint density at radius 3 is 1.00 bits per heavy atom. The molecule has 3 fully saturated rings. The van der Waals surface area contributed by atoms with Crippen LogP contribution in [-0.2, 0) is 14.4 Å². The Balaban J connectivity index is 0.000000180. The highest BCUT2D eigenvalue weighted by Crippen LogP contribution is 2.17. The number of rotatable bonds is 0. The molecule has 0 unspecified atom stereocenters. The lowest BCUT2D eigenvalue weighted by molar-refractivity contribution is -0.128. The van der Waals surface area contributed by atoms with Gasteiger partial charge in [-0.2, -0.15) is 0 Å². The minimum absolute atomic E-state index is 0.140. The Morgan fingerprint density at radius 2 is 0.708 bits per heavy atom. The SMILES string of the molecule is O=C1CCC(=O)CC1.O=C1CCC(O)CC1.OC1CCC(O)CC1. The highest BCUT2D eigenvalue weighted by atomic mass is 16.3. The number of hydrogen-bond donors (Lipinski definition) is 3. The third-order valence-corrected chi connectivity index (χ3v) is 4.54. The fourth-order valence-corrected chi connectivity index (χ4v) is 2.79. The number of aliphatic hydroxyl groups is 3. The van der Waals surface area contributed by atoms with Crippen LogP contribution in [0.3, 0.4) is 0 Å². The summed E-state index contributed by atoms with van der Waals surface area (Å²) >= 11 is 0. The van der Waals surface area contributed by atoms with Crippen LogP contribution in [0.25, 0.3) is 0 Å². The van der Waals surface area contributed by atoms with Gasteiger partial charge in [0.1, 0.15) is 17.3 Å². The zero-order chi connectivity index (χ0) is 17.9. The molecule has 6 heteroatoms. The molecule has 0 saturated heterocycles. The summed E-state index contributed by atoms with van der Waals surface area (Å²) in [6, 6.07) is 0. The predicted molar refractivity (Wildman–Crippen MR) is 88.4 cm³/mol. The van der Waals surface area contributed by atoms with E-state index in [1.807, 2.05) is 0 Å². The molecule has 0 radical (unpaired) electrons. The molecule has 0 atom stereocenters. The summed E-state index contributed by atoms with van der Waals surface area (Å²) in [7, 11) is 0. The Morgan fingerprint density at radius 1 is 0.458 bits per heavy atom. The number of ketones is 3. The van der Waals surface area contributed by atoms with Gasteiger partial charge in [-0.15, -0.1) is 0 Å². The van der Waals surface area contributed by atoms with Gasteiger partial charge in [0, 0.05) is 38.5 Å². The molecule has 6 nitrogen and oxygen atoms in total. The summed E-state index contributed by atoms with van der Waals surface area (Å²) < 4.78 is 0. The second-order valence-electron chi connectivity index (χ2n) is 6.81. The summed E-state index contributed by atoms with van der Waals surface area (Å²) in [6.07, 6.45) is 7.10. The maximum absolute atomic E-state index is 10.5. The second kappa shape index (κ2) is 11.4. The van der Waals surface area contributed by atoms with Crippen molar-refractivity contribution >= 4 is 17.3 Å². The summed E-state index contributed by atoms with van der Waals surface area (Å²) in [5.41, 5.74) is 0. The van der Waals surface area contributed by atoms with Gasteiger partial charge < -0.3 is 15.3 Å². The number of Topliss-reactive ketones (excluding diaryl/α,β-unsaturated/α-hetero) is 3. The molecule has 0 aromatic rings. The Bertz CT molecular complexity index is 364. The molecule has 3 saturated carbocycles. The average Bonchev–Trinajstić information content (AvgIpc) is 2.57. The van der Waals surface area contributed by atoms with Gasteiger partial charge in [-0.3, -0.25) is 14.4 Å². The van der Waals surface area contributed by atoms with Crippen LogP contribution in [0, 0.1) is 0 Å². The fraction of sp³-hybridized carbons (Fsp3) is 0.833. The van der Waals surface area contributed by atoms with E-state index < -0.39 is 0 Å². The zero-order valence-corrected chi connectivity index (χ0v) is 14.3. The van der Waals surface area contributed by atoms with E-state index in [1.165, 1.54) is 0 Å². The van der Waals surface area contributed by atoms with Crippen LogP contribution >= 0.6 is 0 Å². The van der Waals surface area contributed by atoms with Crippen molar-refractivity contribution in [3.63, 3.8) is 0 Å². The summed E-state index contributed by atoms with van der Waals surface area (Å²) in [6.45, 7) is 0. The van der Waals surface area contributed by atoms with Crippen LogP contribution in [0.1, 0.15) is 77.0 Å². The number of aliphatic hydroxyl groups excluding tert-OH is 3. The van der Waals surface area contributed by atoms with E-state index in [0.29, 0.717) is 57.1 Å². The molecule has 0 aromatic carbocycles. The molecule has 3 N–H and O–H groups in total. The second-order valence-corrected chi connectivity index (χ2v) is 6.81. The number of carbonyl (C=O) groups is 3. The fourth-order valence-electron chi connectivity index (χ4n) is 2.79. The molecule has 0 bridgehead atoms. The van der Waals surface area contributed by atoms with Crippen LogP contribution in [0.4, 0.5) is 0 Å². The molecule has 0 aliphatic heterocycles. The standard InChI is InChI=1S/C6H12O2.C6H10O2.C6H8O2/c3*7-5-1-2-6(8)4-3-5/h5-8H,1-4H2;5,7H,1-4H2;1-4H2. The Labute approximate surface area is 143 Å². The van der Waals surface area contributed by atoms with Crippen molar-refractivity contribution in [1.82, 2.24) is 0 Å². The van der Waals surface area contributed by atoms with Gasteiger partial charge >= 0.3 is 0 Å². The number of carbonyl (C=O) groups excluding carboxylic acids is 3. The molecule has 138 valence electrons. The van der Waals surface area contributed by atoms with Crippen molar-refractivity contribution in [2.45, 2.75) is 95.4 Å². The lowest BCUT2D eigenvalue weighted by Crippen LogP contribution is -2.21. The first kappa shape index (κ1) is 20.9. The number of hydrogen-bond acceptors (Lipinski definition) is 6. The molecule has 0 spiro atoms. The first-order chi connectivity index (χ1) is 11.4. The van der Waals surface area contributed by atoms with Crippen molar-refractivity contribution in [3.05, 3.63) is 0 Å². The normalized spacial score (nSPS) is 28.4. The third kappa shape index (κ3) is 9.90. The molecule has 3 rings (SSSR count). The van der Waals surface area contributed by atoms with E-state index in [2.05, 4.69) is 0 Å². The van der Waals surface area contributed by atoms with Gasteiger partial charge in [-0.25, -0.2) is 0 Å². The molecular weight excluding hydrogens is 312 g/mol. The lowest BCUT2D eigenvalue weighted by Gasteiger charge is -2.20. The summed E-state index contributed by atoms with van der Waals surface area (Å²) in [5.74, 6) is 0.782. The summed E-state index contributed by atoms with van der Waals surface area (Å²) in [5, 5.41) is 26.7. The van der Waals surface area contributed by atoms with Gasteiger partial charge in [0.2, 0.25) is 0 Å². The topological polar surface area (TPSA) is 112 Å². The lowest BCUT2D eigenvalue weighted by atomic mass is 9.95. The van der Waals surface area contributed by atoms with Crippen molar-refractivity contribution < 1.29 is 29.7 Å². The van der Waals surface area contributed by atoms with Gasteiger partial charge in [0.15, 0.2) is 0 Å².